The van der Waals surface area contributed by atoms with Crippen LogP contribution in [0.25, 0.3) is 0 Å². The van der Waals surface area contributed by atoms with Gasteiger partial charge in [-0.1, -0.05) is 26.0 Å². The molecule has 0 bridgehead atoms. The van der Waals surface area contributed by atoms with Gasteiger partial charge in [-0.05, 0) is 39.4 Å². The molecule has 0 saturated heterocycles. The Hall–Kier alpha value is -0.300. The number of rotatable bonds is 6. The zero-order valence-corrected chi connectivity index (χ0v) is 8.14. The van der Waals surface area contributed by atoms with Gasteiger partial charge in [-0.15, -0.1) is 0 Å². The second-order valence-electron chi connectivity index (χ2n) is 2.74. The van der Waals surface area contributed by atoms with Crippen LogP contribution in [0.3, 0.4) is 0 Å². The van der Waals surface area contributed by atoms with E-state index in [1.165, 1.54) is 32.5 Å². The average Bonchev–Trinajstić information content (AvgIpc) is 2.05. The summed E-state index contributed by atoms with van der Waals surface area (Å²) >= 11 is 0. The summed E-state index contributed by atoms with van der Waals surface area (Å²) in [6.45, 7) is 10.1. The molecule has 11 heavy (non-hydrogen) atoms. The molecular weight excluding hydrogens is 134 g/mol. The minimum absolute atomic E-state index is 1.19. The first-order valence-corrected chi connectivity index (χ1v) is 4.68. The van der Waals surface area contributed by atoms with Gasteiger partial charge in [0.05, 0.1) is 0 Å². The van der Waals surface area contributed by atoms with Gasteiger partial charge in [-0.2, -0.15) is 0 Å². The Kier molecular flexibility index (Phi) is 7.59. The molecule has 0 aliphatic carbocycles. The Bertz CT molecular complexity index is 93.0. The van der Waals surface area contributed by atoms with E-state index in [1.807, 2.05) is 0 Å². The second-order valence-corrected chi connectivity index (χ2v) is 2.74. The molecule has 0 unspecified atom stereocenters. The predicted molar refractivity (Wildman–Crippen MR) is 51.8 cm³/mol. The summed E-state index contributed by atoms with van der Waals surface area (Å²) < 4.78 is 0. The first-order chi connectivity index (χ1) is 5.35. The lowest BCUT2D eigenvalue weighted by molar-refractivity contribution is 0.301. The first-order valence-electron chi connectivity index (χ1n) is 4.68. The zero-order chi connectivity index (χ0) is 8.53. The molecule has 0 aromatic heterocycles. The third kappa shape index (κ3) is 6.11. The van der Waals surface area contributed by atoms with Crippen molar-refractivity contribution >= 4 is 0 Å². The van der Waals surface area contributed by atoms with E-state index in [-0.39, 0.29) is 0 Å². The lowest BCUT2D eigenvalue weighted by atomic mass is 10.2. The van der Waals surface area contributed by atoms with Gasteiger partial charge in [-0.25, -0.2) is 0 Å². The lowest BCUT2D eigenvalue weighted by Crippen LogP contribution is -2.23. The molecule has 0 fully saturated rings. The summed E-state index contributed by atoms with van der Waals surface area (Å²) in [5.74, 6) is 0. The van der Waals surface area contributed by atoms with E-state index in [2.05, 4.69) is 37.8 Å². The van der Waals surface area contributed by atoms with E-state index in [0.717, 1.165) is 0 Å². The van der Waals surface area contributed by atoms with Crippen LogP contribution in [0.4, 0.5) is 0 Å². The molecule has 0 rings (SSSR count). The van der Waals surface area contributed by atoms with Gasteiger partial charge in [0.15, 0.2) is 0 Å². The first kappa shape index (κ1) is 10.7. The molecule has 66 valence electrons. The Morgan fingerprint density at radius 1 is 1.18 bits per heavy atom. The summed E-state index contributed by atoms with van der Waals surface area (Å²) in [6, 6.07) is 0. The van der Waals surface area contributed by atoms with Crippen molar-refractivity contribution in [2.24, 2.45) is 0 Å². The summed E-state index contributed by atoms with van der Waals surface area (Å²) in [7, 11) is 0. The number of nitrogens with zero attached hydrogens (tertiary/aromatic N) is 1. The largest absolute Gasteiger partial charge is 0.304 e. The summed E-state index contributed by atoms with van der Waals surface area (Å²) in [4.78, 5) is 2.46. The number of allylic oxidation sites excluding steroid dienone is 2. The summed E-state index contributed by atoms with van der Waals surface area (Å²) in [6.07, 6.45) is 6.89. The highest BCUT2D eigenvalue weighted by Gasteiger charge is 1.95. The molecule has 0 radical (unpaired) electrons. The van der Waals surface area contributed by atoms with Crippen LogP contribution in [0, 0.1) is 0 Å². The fourth-order valence-electron chi connectivity index (χ4n) is 1.14. The van der Waals surface area contributed by atoms with E-state index in [1.54, 1.807) is 0 Å². The van der Waals surface area contributed by atoms with Crippen LogP contribution in [0.5, 0.6) is 0 Å². The van der Waals surface area contributed by atoms with Crippen molar-refractivity contribution in [1.29, 1.82) is 0 Å². The smallest absolute Gasteiger partial charge is 0.00160 e. The van der Waals surface area contributed by atoms with Crippen molar-refractivity contribution in [2.75, 3.05) is 19.6 Å². The topological polar surface area (TPSA) is 3.24 Å². The normalized spacial score (nSPS) is 11.6. The lowest BCUT2D eigenvalue weighted by Gasteiger charge is -2.16. The van der Waals surface area contributed by atoms with Crippen LogP contribution in [0.2, 0.25) is 0 Å². The van der Waals surface area contributed by atoms with E-state index in [0.29, 0.717) is 0 Å². The van der Waals surface area contributed by atoms with Crippen molar-refractivity contribution in [2.45, 2.75) is 33.6 Å². The average molecular weight is 155 g/mol. The van der Waals surface area contributed by atoms with Gasteiger partial charge in [0.2, 0.25) is 0 Å². The molecule has 1 heteroatoms. The van der Waals surface area contributed by atoms with Crippen LogP contribution in [0.15, 0.2) is 12.2 Å². The molecule has 0 heterocycles. The van der Waals surface area contributed by atoms with Crippen LogP contribution in [-0.4, -0.2) is 24.5 Å². The molecule has 0 spiro atoms. The van der Waals surface area contributed by atoms with Crippen LogP contribution >= 0.6 is 0 Å². The minimum Gasteiger partial charge on any atom is -0.304 e. The van der Waals surface area contributed by atoms with E-state index in [9.17, 15) is 0 Å². The molecule has 0 aliphatic rings. The highest BCUT2D eigenvalue weighted by molar-refractivity contribution is 4.76. The number of hydrogen-bond acceptors (Lipinski definition) is 1. The van der Waals surface area contributed by atoms with Gasteiger partial charge >= 0.3 is 0 Å². The van der Waals surface area contributed by atoms with Crippen molar-refractivity contribution < 1.29 is 0 Å². The molecule has 0 N–H and O–H groups in total. The molecule has 0 aromatic carbocycles. The van der Waals surface area contributed by atoms with E-state index >= 15 is 0 Å². The van der Waals surface area contributed by atoms with Gasteiger partial charge < -0.3 is 4.90 Å². The molecular formula is C10H21N. The SMILES string of the molecule is CC=CCCCN(CC)CC. The maximum atomic E-state index is 2.46. The summed E-state index contributed by atoms with van der Waals surface area (Å²) in [5, 5.41) is 0. The van der Waals surface area contributed by atoms with Gasteiger partial charge in [-0.3, -0.25) is 0 Å². The van der Waals surface area contributed by atoms with Crippen LogP contribution < -0.4 is 0 Å². The Morgan fingerprint density at radius 2 is 1.82 bits per heavy atom. The Balaban J connectivity index is 3.21. The zero-order valence-electron chi connectivity index (χ0n) is 8.14. The maximum Gasteiger partial charge on any atom is -0.00160 e. The van der Waals surface area contributed by atoms with Gasteiger partial charge in [0, 0.05) is 0 Å². The van der Waals surface area contributed by atoms with Crippen molar-refractivity contribution in [3.8, 4) is 0 Å². The van der Waals surface area contributed by atoms with Gasteiger partial charge in [0.25, 0.3) is 0 Å². The highest BCUT2D eigenvalue weighted by Crippen LogP contribution is 1.95. The number of hydrogen-bond donors (Lipinski definition) is 0. The molecule has 1 nitrogen and oxygen atoms in total. The molecule has 0 amide bonds. The molecule has 0 aliphatic heterocycles. The van der Waals surface area contributed by atoms with Crippen LogP contribution in [-0.2, 0) is 0 Å². The van der Waals surface area contributed by atoms with Crippen molar-refractivity contribution in [3.63, 3.8) is 0 Å². The van der Waals surface area contributed by atoms with Gasteiger partial charge in [0.1, 0.15) is 0 Å². The van der Waals surface area contributed by atoms with Crippen molar-refractivity contribution in [1.82, 2.24) is 4.90 Å². The van der Waals surface area contributed by atoms with Crippen molar-refractivity contribution in [3.05, 3.63) is 12.2 Å². The predicted octanol–water partition coefficient (Wildman–Crippen LogP) is 2.68. The fourth-order valence-corrected chi connectivity index (χ4v) is 1.14. The fraction of sp³-hybridized carbons (Fsp3) is 0.800. The third-order valence-corrected chi connectivity index (χ3v) is 1.98. The summed E-state index contributed by atoms with van der Waals surface area (Å²) in [5.41, 5.74) is 0. The standard InChI is InChI=1S/C10H21N/c1-4-7-8-9-10-11(5-2)6-3/h4,7H,5-6,8-10H2,1-3H3. The molecule has 0 saturated carbocycles. The number of unbranched alkanes of at least 4 members (excludes halogenated alkanes) is 1. The molecule has 0 atom stereocenters. The highest BCUT2D eigenvalue weighted by atomic mass is 15.1. The quantitative estimate of drug-likeness (QED) is 0.421. The van der Waals surface area contributed by atoms with Crippen LogP contribution in [0.1, 0.15) is 33.6 Å². The van der Waals surface area contributed by atoms with E-state index in [4.69, 9.17) is 0 Å². The maximum absolute atomic E-state index is 2.46. The third-order valence-electron chi connectivity index (χ3n) is 1.98. The molecule has 0 aromatic rings. The second kappa shape index (κ2) is 7.80. The minimum atomic E-state index is 1.19. The van der Waals surface area contributed by atoms with E-state index < -0.39 is 0 Å². The monoisotopic (exact) mass is 155 g/mol. The Labute approximate surface area is 71.1 Å². The Morgan fingerprint density at radius 3 is 2.27 bits per heavy atom.